The fraction of sp³-hybridized carbons (Fsp3) is 0.190. The highest BCUT2D eigenvalue weighted by atomic mass is 32.2. The number of nitrogens with one attached hydrogen (secondary N) is 1. The number of hydrogen-bond donors (Lipinski definition) is 1. The summed E-state index contributed by atoms with van der Waals surface area (Å²) in [7, 11) is 0. The Morgan fingerprint density at radius 3 is 2.86 bits per heavy atom. The van der Waals surface area contributed by atoms with Crippen molar-refractivity contribution in [2.75, 3.05) is 12.3 Å². The average Bonchev–Trinajstić information content (AvgIpc) is 3.34. The minimum atomic E-state index is 0.00277. The number of hydrogen-bond acceptors (Lipinski definition) is 5. The standard InChI is InChI=1S/C21H20N4OS2/c1-15-6-8-17(9-7-15)25-14-23-24-21(25)28-13-20(26)22-11-10-16-12-27-19-5-3-2-4-18(16)19/h2-9,12,14H,10-11,13H2,1H3,(H,22,26). The monoisotopic (exact) mass is 408 g/mol. The van der Waals surface area contributed by atoms with Crippen molar-refractivity contribution in [1.82, 2.24) is 20.1 Å². The second kappa shape index (κ2) is 8.58. The van der Waals surface area contributed by atoms with Gasteiger partial charge in [0.25, 0.3) is 0 Å². The number of rotatable bonds is 7. The number of carbonyl (C=O) groups excluding carboxylic acids is 1. The summed E-state index contributed by atoms with van der Waals surface area (Å²) in [5, 5.41) is 15.3. The molecule has 2 aromatic carbocycles. The molecule has 0 bridgehead atoms. The van der Waals surface area contributed by atoms with Crippen LogP contribution in [0.3, 0.4) is 0 Å². The minimum absolute atomic E-state index is 0.00277. The molecule has 0 aliphatic carbocycles. The number of thiophene rings is 1. The van der Waals surface area contributed by atoms with Crippen LogP contribution in [0.25, 0.3) is 15.8 Å². The molecular weight excluding hydrogens is 388 g/mol. The van der Waals surface area contributed by atoms with Crippen molar-refractivity contribution < 1.29 is 4.79 Å². The van der Waals surface area contributed by atoms with Crippen LogP contribution in [-0.4, -0.2) is 33.0 Å². The van der Waals surface area contributed by atoms with Gasteiger partial charge in [0.05, 0.1) is 5.75 Å². The quantitative estimate of drug-likeness (QED) is 0.465. The number of carbonyl (C=O) groups is 1. The Labute approximate surface area is 171 Å². The van der Waals surface area contributed by atoms with E-state index in [1.807, 2.05) is 28.8 Å². The molecule has 7 heteroatoms. The number of nitrogens with zero attached hydrogens (tertiary/aromatic N) is 3. The zero-order valence-corrected chi connectivity index (χ0v) is 17.1. The molecule has 0 fully saturated rings. The third-order valence-corrected chi connectivity index (χ3v) is 6.39. The van der Waals surface area contributed by atoms with E-state index in [2.05, 4.69) is 52.1 Å². The highest BCUT2D eigenvalue weighted by Crippen LogP contribution is 2.25. The van der Waals surface area contributed by atoms with Crippen LogP contribution in [0.1, 0.15) is 11.1 Å². The second-order valence-corrected chi connectivity index (χ2v) is 8.32. The van der Waals surface area contributed by atoms with Gasteiger partial charge in [-0.15, -0.1) is 21.5 Å². The number of aryl methyl sites for hydroxylation is 1. The first-order chi connectivity index (χ1) is 13.7. The first-order valence-corrected chi connectivity index (χ1v) is 10.9. The molecule has 0 radical (unpaired) electrons. The van der Waals surface area contributed by atoms with Crippen molar-refractivity contribution >= 4 is 39.1 Å². The molecule has 0 aliphatic rings. The van der Waals surface area contributed by atoms with Gasteiger partial charge in [-0.2, -0.15) is 0 Å². The van der Waals surface area contributed by atoms with E-state index in [-0.39, 0.29) is 5.91 Å². The molecule has 4 aromatic rings. The third-order valence-electron chi connectivity index (χ3n) is 4.44. The van der Waals surface area contributed by atoms with E-state index in [0.717, 1.165) is 12.1 Å². The van der Waals surface area contributed by atoms with Gasteiger partial charge in [0.15, 0.2) is 5.16 Å². The van der Waals surface area contributed by atoms with Crippen LogP contribution in [0.2, 0.25) is 0 Å². The maximum Gasteiger partial charge on any atom is 0.230 e. The van der Waals surface area contributed by atoms with Crippen molar-refractivity contribution in [2.45, 2.75) is 18.5 Å². The van der Waals surface area contributed by atoms with E-state index in [0.29, 0.717) is 17.5 Å². The molecule has 0 atom stereocenters. The van der Waals surface area contributed by atoms with E-state index >= 15 is 0 Å². The van der Waals surface area contributed by atoms with E-state index in [4.69, 9.17) is 0 Å². The molecule has 4 rings (SSSR count). The van der Waals surface area contributed by atoms with Crippen LogP contribution in [0.15, 0.2) is 65.4 Å². The largest absolute Gasteiger partial charge is 0.355 e. The SMILES string of the molecule is Cc1ccc(-n2cnnc2SCC(=O)NCCc2csc3ccccc23)cc1. The zero-order chi connectivity index (χ0) is 19.3. The van der Waals surface area contributed by atoms with Gasteiger partial charge < -0.3 is 5.32 Å². The molecule has 28 heavy (non-hydrogen) atoms. The summed E-state index contributed by atoms with van der Waals surface area (Å²) in [6, 6.07) is 16.5. The summed E-state index contributed by atoms with van der Waals surface area (Å²) in [6.07, 6.45) is 2.51. The van der Waals surface area contributed by atoms with Gasteiger partial charge in [0.1, 0.15) is 6.33 Å². The molecule has 142 valence electrons. The number of benzene rings is 2. The molecule has 5 nitrogen and oxygen atoms in total. The Kier molecular flexibility index (Phi) is 5.73. The second-order valence-electron chi connectivity index (χ2n) is 6.46. The van der Waals surface area contributed by atoms with Crippen molar-refractivity contribution in [3.8, 4) is 5.69 Å². The van der Waals surface area contributed by atoms with E-state index in [1.165, 1.54) is 33.0 Å². The highest BCUT2D eigenvalue weighted by molar-refractivity contribution is 7.99. The molecule has 1 amide bonds. The number of fused-ring (bicyclic) bond motifs is 1. The van der Waals surface area contributed by atoms with Crippen molar-refractivity contribution in [3.05, 3.63) is 71.4 Å². The summed E-state index contributed by atoms with van der Waals surface area (Å²) >= 11 is 3.14. The number of aromatic nitrogens is 3. The first kappa shape index (κ1) is 18.7. The van der Waals surface area contributed by atoms with Crippen LogP contribution in [-0.2, 0) is 11.2 Å². The smallest absolute Gasteiger partial charge is 0.230 e. The Balaban J connectivity index is 1.29. The van der Waals surface area contributed by atoms with Gasteiger partial charge in [0, 0.05) is 16.9 Å². The average molecular weight is 409 g/mol. The maximum atomic E-state index is 12.2. The molecule has 2 aromatic heterocycles. The lowest BCUT2D eigenvalue weighted by Crippen LogP contribution is -2.27. The van der Waals surface area contributed by atoms with Crippen LogP contribution in [0.4, 0.5) is 0 Å². The molecule has 0 spiro atoms. The molecule has 1 N–H and O–H groups in total. The predicted molar refractivity (Wildman–Crippen MR) is 115 cm³/mol. The topological polar surface area (TPSA) is 59.8 Å². The zero-order valence-electron chi connectivity index (χ0n) is 15.5. The van der Waals surface area contributed by atoms with Gasteiger partial charge in [-0.1, -0.05) is 47.7 Å². The summed E-state index contributed by atoms with van der Waals surface area (Å²) in [6.45, 7) is 2.68. The summed E-state index contributed by atoms with van der Waals surface area (Å²) < 4.78 is 3.18. The highest BCUT2D eigenvalue weighted by Gasteiger charge is 2.10. The van der Waals surface area contributed by atoms with Gasteiger partial charge in [0.2, 0.25) is 5.91 Å². The van der Waals surface area contributed by atoms with Crippen LogP contribution >= 0.6 is 23.1 Å². The summed E-state index contributed by atoms with van der Waals surface area (Å²) in [5.41, 5.74) is 3.47. The van der Waals surface area contributed by atoms with Crippen molar-refractivity contribution in [1.29, 1.82) is 0 Å². The lowest BCUT2D eigenvalue weighted by molar-refractivity contribution is -0.118. The van der Waals surface area contributed by atoms with E-state index < -0.39 is 0 Å². The molecular formula is C21H20N4OS2. The molecule has 0 saturated heterocycles. The summed E-state index contributed by atoms with van der Waals surface area (Å²) in [4.78, 5) is 12.2. The fourth-order valence-electron chi connectivity index (χ4n) is 2.95. The maximum absolute atomic E-state index is 12.2. The van der Waals surface area contributed by atoms with Gasteiger partial charge >= 0.3 is 0 Å². The molecule has 0 aliphatic heterocycles. The van der Waals surface area contributed by atoms with Crippen LogP contribution in [0, 0.1) is 6.92 Å². The number of thioether (sulfide) groups is 1. The molecule has 0 unspecified atom stereocenters. The van der Waals surface area contributed by atoms with E-state index in [1.54, 1.807) is 17.7 Å². The minimum Gasteiger partial charge on any atom is -0.355 e. The Bertz CT molecular complexity index is 1090. The number of amides is 1. The predicted octanol–water partition coefficient (Wildman–Crippen LogP) is 4.24. The summed E-state index contributed by atoms with van der Waals surface area (Å²) in [5.74, 6) is 0.317. The molecule has 0 saturated carbocycles. The van der Waals surface area contributed by atoms with Crippen molar-refractivity contribution in [3.63, 3.8) is 0 Å². The lowest BCUT2D eigenvalue weighted by Gasteiger charge is -2.07. The fourth-order valence-corrected chi connectivity index (χ4v) is 4.71. The third kappa shape index (κ3) is 4.26. The van der Waals surface area contributed by atoms with Gasteiger partial charge in [-0.3, -0.25) is 9.36 Å². The van der Waals surface area contributed by atoms with Crippen molar-refractivity contribution in [2.24, 2.45) is 0 Å². The van der Waals surface area contributed by atoms with Crippen LogP contribution in [0.5, 0.6) is 0 Å². The Morgan fingerprint density at radius 2 is 2.00 bits per heavy atom. The van der Waals surface area contributed by atoms with Gasteiger partial charge in [-0.25, -0.2) is 0 Å². The Hall–Kier alpha value is -2.64. The Morgan fingerprint density at radius 1 is 1.18 bits per heavy atom. The molecule has 2 heterocycles. The van der Waals surface area contributed by atoms with Gasteiger partial charge in [-0.05, 0) is 47.9 Å². The first-order valence-electron chi connectivity index (χ1n) is 9.02. The van der Waals surface area contributed by atoms with Crippen LogP contribution < -0.4 is 5.32 Å². The van der Waals surface area contributed by atoms with E-state index in [9.17, 15) is 4.79 Å². The lowest BCUT2D eigenvalue weighted by atomic mass is 10.1. The normalized spacial score (nSPS) is 11.0.